The van der Waals surface area contributed by atoms with Gasteiger partial charge in [-0.05, 0) is 56.4 Å². The van der Waals surface area contributed by atoms with Gasteiger partial charge >= 0.3 is 0 Å². The molecule has 1 heteroatoms. The van der Waals surface area contributed by atoms with Crippen LogP contribution in [0.4, 0.5) is 0 Å². The van der Waals surface area contributed by atoms with Crippen molar-refractivity contribution < 1.29 is 4.74 Å². The fraction of sp³-hybridized carbons (Fsp3) is 0.857. The summed E-state index contributed by atoms with van der Waals surface area (Å²) in [6.45, 7) is 2.32. The second-order valence-corrected chi connectivity index (χ2v) is 6.12. The summed E-state index contributed by atoms with van der Waals surface area (Å²) >= 11 is 0. The topological polar surface area (TPSA) is 9.23 Å². The van der Waals surface area contributed by atoms with Crippen LogP contribution in [-0.4, -0.2) is 11.2 Å². The van der Waals surface area contributed by atoms with Gasteiger partial charge in [-0.25, -0.2) is 0 Å². The first-order valence-corrected chi connectivity index (χ1v) is 6.67. The summed E-state index contributed by atoms with van der Waals surface area (Å²) in [4.78, 5) is 0. The standard InChI is InChI=1S/C14H20O/c1-10-9-13-7-3-2-5-11(13)12-6-4-8-14(10,12)15-13/h9,11-12H,2-8H2,1H3/t11-,12+,13-,14+/m0/s1. The maximum Gasteiger partial charge on any atom is 0.0933 e. The summed E-state index contributed by atoms with van der Waals surface area (Å²) in [6.07, 6.45) is 12.2. The highest BCUT2D eigenvalue weighted by Gasteiger charge is 2.67. The highest BCUT2D eigenvalue weighted by molar-refractivity contribution is 5.37. The molecule has 3 fully saturated rings. The zero-order valence-electron chi connectivity index (χ0n) is 9.59. The highest BCUT2D eigenvalue weighted by Crippen LogP contribution is 2.66. The summed E-state index contributed by atoms with van der Waals surface area (Å²) < 4.78 is 6.60. The van der Waals surface area contributed by atoms with Crippen molar-refractivity contribution >= 4 is 0 Å². The van der Waals surface area contributed by atoms with E-state index in [0.29, 0.717) is 0 Å². The second kappa shape index (κ2) is 2.51. The highest BCUT2D eigenvalue weighted by atomic mass is 16.5. The van der Waals surface area contributed by atoms with Gasteiger partial charge in [-0.1, -0.05) is 18.9 Å². The Bertz CT molecular complexity index is 345. The van der Waals surface area contributed by atoms with Crippen molar-refractivity contribution in [2.75, 3.05) is 0 Å². The minimum atomic E-state index is 0.202. The lowest BCUT2D eigenvalue weighted by molar-refractivity contribution is -0.0601. The van der Waals surface area contributed by atoms with E-state index in [9.17, 15) is 0 Å². The molecule has 2 aliphatic carbocycles. The molecule has 0 aromatic carbocycles. The van der Waals surface area contributed by atoms with Crippen molar-refractivity contribution in [3.8, 4) is 0 Å². The third kappa shape index (κ3) is 0.824. The summed E-state index contributed by atoms with van der Waals surface area (Å²) in [5.74, 6) is 1.75. The maximum absolute atomic E-state index is 6.60. The van der Waals surface area contributed by atoms with E-state index in [-0.39, 0.29) is 11.2 Å². The van der Waals surface area contributed by atoms with E-state index in [0.717, 1.165) is 11.8 Å². The third-order valence-corrected chi connectivity index (χ3v) is 5.61. The SMILES string of the molecule is CC1=C[C@@]23CCCC[C@H]2[C@H]2CCC[C@@]12O3. The van der Waals surface area contributed by atoms with Crippen molar-refractivity contribution in [2.24, 2.45) is 11.8 Å². The molecule has 1 nitrogen and oxygen atoms in total. The van der Waals surface area contributed by atoms with Crippen LogP contribution in [0.2, 0.25) is 0 Å². The van der Waals surface area contributed by atoms with E-state index < -0.39 is 0 Å². The lowest BCUT2D eigenvalue weighted by Gasteiger charge is -2.38. The Morgan fingerprint density at radius 2 is 2.00 bits per heavy atom. The quantitative estimate of drug-likeness (QED) is 0.549. The van der Waals surface area contributed by atoms with Gasteiger partial charge < -0.3 is 4.74 Å². The normalized spacial score (nSPS) is 56.5. The third-order valence-electron chi connectivity index (χ3n) is 5.61. The van der Waals surface area contributed by atoms with E-state index in [1.54, 1.807) is 5.57 Å². The van der Waals surface area contributed by atoms with Gasteiger partial charge in [0.1, 0.15) is 0 Å². The molecule has 15 heavy (non-hydrogen) atoms. The van der Waals surface area contributed by atoms with Gasteiger partial charge in [-0.15, -0.1) is 0 Å². The predicted octanol–water partition coefficient (Wildman–Crippen LogP) is 3.44. The Hall–Kier alpha value is -0.300. The van der Waals surface area contributed by atoms with Crippen LogP contribution in [0.1, 0.15) is 51.9 Å². The molecule has 4 aliphatic rings. The monoisotopic (exact) mass is 204 g/mol. The Morgan fingerprint density at radius 1 is 1.13 bits per heavy atom. The number of ether oxygens (including phenoxy) is 1. The van der Waals surface area contributed by atoms with E-state index in [4.69, 9.17) is 4.74 Å². The van der Waals surface area contributed by atoms with E-state index >= 15 is 0 Å². The Kier molecular flexibility index (Phi) is 1.47. The van der Waals surface area contributed by atoms with Crippen molar-refractivity contribution in [1.82, 2.24) is 0 Å². The first-order valence-electron chi connectivity index (χ1n) is 6.67. The minimum absolute atomic E-state index is 0.202. The summed E-state index contributed by atoms with van der Waals surface area (Å²) in [5, 5.41) is 0. The molecule has 82 valence electrons. The van der Waals surface area contributed by atoms with Crippen LogP contribution in [0, 0.1) is 11.8 Å². The molecule has 0 aromatic heterocycles. The van der Waals surface area contributed by atoms with E-state index in [1.807, 2.05) is 0 Å². The first kappa shape index (κ1) is 8.81. The van der Waals surface area contributed by atoms with Crippen LogP contribution in [0.15, 0.2) is 11.6 Å². The lowest BCUT2D eigenvalue weighted by Crippen LogP contribution is -2.39. The number of rotatable bonds is 0. The molecule has 0 amide bonds. The molecule has 2 saturated carbocycles. The van der Waals surface area contributed by atoms with Crippen molar-refractivity contribution in [3.63, 3.8) is 0 Å². The fourth-order valence-corrected chi connectivity index (χ4v) is 5.13. The molecule has 2 bridgehead atoms. The van der Waals surface area contributed by atoms with Gasteiger partial charge in [0.15, 0.2) is 0 Å². The van der Waals surface area contributed by atoms with Crippen molar-refractivity contribution in [3.05, 3.63) is 11.6 Å². The molecule has 0 radical (unpaired) electrons. The molecule has 4 rings (SSSR count). The zero-order valence-corrected chi connectivity index (χ0v) is 9.59. The van der Waals surface area contributed by atoms with Gasteiger partial charge in [0.25, 0.3) is 0 Å². The van der Waals surface area contributed by atoms with Crippen LogP contribution in [0.5, 0.6) is 0 Å². The molecule has 0 N–H and O–H groups in total. The molecule has 2 spiro atoms. The fourth-order valence-electron chi connectivity index (χ4n) is 5.13. The smallest absolute Gasteiger partial charge is 0.0933 e. The second-order valence-electron chi connectivity index (χ2n) is 6.12. The number of hydrogen-bond acceptors (Lipinski definition) is 1. The largest absolute Gasteiger partial charge is 0.360 e. The van der Waals surface area contributed by atoms with E-state index in [2.05, 4.69) is 13.0 Å². The Labute approximate surface area is 91.9 Å². The molecule has 0 aromatic rings. The zero-order chi connectivity index (χ0) is 10.1. The van der Waals surface area contributed by atoms with Crippen molar-refractivity contribution in [1.29, 1.82) is 0 Å². The van der Waals surface area contributed by atoms with Crippen LogP contribution in [0.25, 0.3) is 0 Å². The van der Waals surface area contributed by atoms with Crippen LogP contribution in [-0.2, 0) is 4.74 Å². The Balaban J connectivity index is 1.86. The Morgan fingerprint density at radius 3 is 2.93 bits per heavy atom. The average Bonchev–Trinajstić information content (AvgIpc) is 2.79. The van der Waals surface area contributed by atoms with Crippen LogP contribution < -0.4 is 0 Å². The van der Waals surface area contributed by atoms with Gasteiger partial charge in [-0.3, -0.25) is 0 Å². The van der Waals surface area contributed by atoms with Gasteiger partial charge in [-0.2, -0.15) is 0 Å². The van der Waals surface area contributed by atoms with Gasteiger partial charge in [0, 0.05) is 0 Å². The van der Waals surface area contributed by atoms with Crippen LogP contribution in [0.3, 0.4) is 0 Å². The average molecular weight is 204 g/mol. The predicted molar refractivity (Wildman–Crippen MR) is 59.6 cm³/mol. The first-order chi connectivity index (χ1) is 7.27. The molecular formula is C14H20O. The molecule has 0 unspecified atom stereocenters. The number of hydrogen-bond donors (Lipinski definition) is 0. The van der Waals surface area contributed by atoms with Gasteiger partial charge in [0.05, 0.1) is 11.2 Å². The van der Waals surface area contributed by atoms with E-state index in [1.165, 1.54) is 44.9 Å². The van der Waals surface area contributed by atoms with Crippen molar-refractivity contribution in [2.45, 2.75) is 63.1 Å². The van der Waals surface area contributed by atoms with Gasteiger partial charge in [0.2, 0.25) is 0 Å². The minimum Gasteiger partial charge on any atom is -0.360 e. The summed E-state index contributed by atoms with van der Waals surface area (Å²) in [6, 6.07) is 0. The molecule has 1 saturated heterocycles. The summed E-state index contributed by atoms with van der Waals surface area (Å²) in [7, 11) is 0. The molecule has 2 heterocycles. The molecular weight excluding hydrogens is 184 g/mol. The van der Waals surface area contributed by atoms with Crippen LogP contribution >= 0.6 is 0 Å². The maximum atomic E-state index is 6.60. The lowest BCUT2D eigenvalue weighted by atomic mass is 9.64. The summed E-state index contributed by atoms with van der Waals surface area (Å²) in [5.41, 5.74) is 1.99. The molecule has 2 aliphatic heterocycles. The molecule has 4 atom stereocenters. The number of fused-ring (bicyclic) bond motifs is 1.